The number of halogens is 1. The Morgan fingerprint density at radius 3 is 2.92 bits per heavy atom. The summed E-state index contributed by atoms with van der Waals surface area (Å²) in [5.41, 5.74) is 2.90. The molecule has 0 aliphatic carbocycles. The van der Waals surface area contributed by atoms with E-state index >= 15 is 0 Å². The third-order valence-corrected chi connectivity index (χ3v) is 5.89. The number of fused-ring (bicyclic) bond motifs is 1. The van der Waals surface area contributed by atoms with Gasteiger partial charge in [-0.25, -0.2) is 4.39 Å². The van der Waals surface area contributed by atoms with Gasteiger partial charge in [-0.1, -0.05) is 12.1 Å². The van der Waals surface area contributed by atoms with Gasteiger partial charge in [-0.15, -0.1) is 11.3 Å². The molecule has 1 atom stereocenters. The molecular weight excluding hydrogens is 335 g/mol. The number of piperidine rings is 1. The van der Waals surface area contributed by atoms with E-state index in [-0.39, 0.29) is 11.7 Å². The Kier molecular flexibility index (Phi) is 4.57. The van der Waals surface area contributed by atoms with Crippen molar-refractivity contribution in [1.29, 1.82) is 0 Å². The van der Waals surface area contributed by atoms with Gasteiger partial charge < -0.3 is 9.88 Å². The molecule has 1 N–H and O–H groups in total. The Balaban J connectivity index is 1.37. The Morgan fingerprint density at radius 2 is 2.12 bits per heavy atom. The minimum atomic E-state index is -0.191. The first-order valence-electron chi connectivity index (χ1n) is 8.79. The zero-order valence-corrected chi connectivity index (χ0v) is 14.8. The minimum Gasteiger partial charge on any atom is -0.350 e. The highest BCUT2D eigenvalue weighted by Gasteiger charge is 2.25. The number of carbonyl (C=O) groups excluding carboxylic acids is 1. The molecule has 0 bridgehead atoms. The maximum Gasteiger partial charge on any atom is 0.270 e. The van der Waals surface area contributed by atoms with Crippen LogP contribution in [0.2, 0.25) is 0 Å². The number of nitrogens with zero attached hydrogens (tertiary/aromatic N) is 1. The van der Waals surface area contributed by atoms with Gasteiger partial charge in [0.2, 0.25) is 0 Å². The van der Waals surface area contributed by atoms with Gasteiger partial charge in [-0.2, -0.15) is 0 Å². The van der Waals surface area contributed by atoms with Crippen LogP contribution in [0.1, 0.15) is 35.3 Å². The molecule has 1 aliphatic rings. The van der Waals surface area contributed by atoms with E-state index in [1.54, 1.807) is 11.3 Å². The molecular formula is C20H21FN2OS. The van der Waals surface area contributed by atoms with Crippen molar-refractivity contribution in [2.24, 2.45) is 5.92 Å². The van der Waals surface area contributed by atoms with Crippen LogP contribution in [0, 0.1) is 11.7 Å². The summed E-state index contributed by atoms with van der Waals surface area (Å²) >= 11 is 1.65. The predicted octanol–water partition coefficient (Wildman–Crippen LogP) is 4.85. The van der Waals surface area contributed by atoms with E-state index in [9.17, 15) is 9.18 Å². The van der Waals surface area contributed by atoms with Crippen molar-refractivity contribution >= 4 is 27.5 Å². The van der Waals surface area contributed by atoms with Crippen molar-refractivity contribution in [1.82, 2.24) is 9.88 Å². The number of hydrogen-bond donors (Lipinski definition) is 1. The van der Waals surface area contributed by atoms with Crippen molar-refractivity contribution < 1.29 is 9.18 Å². The van der Waals surface area contributed by atoms with E-state index < -0.39 is 0 Å². The summed E-state index contributed by atoms with van der Waals surface area (Å²) in [5, 5.41) is 2.03. The van der Waals surface area contributed by atoms with Crippen LogP contribution in [-0.2, 0) is 6.42 Å². The monoisotopic (exact) mass is 356 g/mol. The lowest BCUT2D eigenvalue weighted by Gasteiger charge is -2.32. The van der Waals surface area contributed by atoms with E-state index in [1.165, 1.54) is 12.1 Å². The number of H-pyrrole nitrogens is 1. The van der Waals surface area contributed by atoms with Crippen molar-refractivity contribution in [2.75, 3.05) is 13.1 Å². The molecule has 2 aromatic heterocycles. The fraction of sp³-hybridized carbons (Fsp3) is 0.350. The molecule has 3 aromatic rings. The smallest absolute Gasteiger partial charge is 0.270 e. The molecule has 5 heteroatoms. The highest BCUT2D eigenvalue weighted by atomic mass is 32.1. The fourth-order valence-corrected chi connectivity index (χ4v) is 4.42. The van der Waals surface area contributed by atoms with Gasteiger partial charge in [0, 0.05) is 13.1 Å². The predicted molar refractivity (Wildman–Crippen MR) is 99.5 cm³/mol. The second-order valence-corrected chi connectivity index (χ2v) is 7.75. The van der Waals surface area contributed by atoms with E-state index in [2.05, 4.69) is 4.98 Å². The normalized spacial score (nSPS) is 18.0. The fourth-order valence-electron chi connectivity index (χ4n) is 3.64. The van der Waals surface area contributed by atoms with Crippen molar-refractivity contribution in [2.45, 2.75) is 25.7 Å². The van der Waals surface area contributed by atoms with Crippen molar-refractivity contribution in [3.05, 3.63) is 58.9 Å². The first-order chi connectivity index (χ1) is 12.2. The summed E-state index contributed by atoms with van der Waals surface area (Å²) in [6.45, 7) is 1.64. The Morgan fingerprint density at radius 1 is 1.28 bits per heavy atom. The SMILES string of the molecule is O=C(c1cc2sccc2[nH]1)N1CCC[C@H](CCc2ccc(F)cc2)C1. The van der Waals surface area contributed by atoms with Gasteiger partial charge in [0.25, 0.3) is 5.91 Å². The Hall–Kier alpha value is -2.14. The summed E-state index contributed by atoms with van der Waals surface area (Å²) in [4.78, 5) is 18.0. The first kappa shape index (κ1) is 16.3. The number of thiophene rings is 1. The van der Waals surface area contributed by atoms with Gasteiger partial charge in [-0.05, 0) is 66.8 Å². The largest absolute Gasteiger partial charge is 0.350 e. The van der Waals surface area contributed by atoms with Crippen LogP contribution in [0.5, 0.6) is 0 Å². The number of aryl methyl sites for hydroxylation is 1. The molecule has 25 heavy (non-hydrogen) atoms. The summed E-state index contributed by atoms with van der Waals surface area (Å²) in [6.07, 6.45) is 4.18. The Labute approximate surface area is 150 Å². The molecule has 130 valence electrons. The molecule has 0 spiro atoms. The number of nitrogens with one attached hydrogen (secondary N) is 1. The second-order valence-electron chi connectivity index (χ2n) is 6.81. The van der Waals surface area contributed by atoms with Crippen LogP contribution in [0.3, 0.4) is 0 Å². The molecule has 1 aromatic carbocycles. The van der Waals surface area contributed by atoms with Crippen LogP contribution >= 0.6 is 11.3 Å². The number of carbonyl (C=O) groups is 1. The molecule has 0 radical (unpaired) electrons. The number of amides is 1. The van der Waals surface area contributed by atoms with Crippen LogP contribution in [0.25, 0.3) is 10.2 Å². The van der Waals surface area contributed by atoms with E-state index in [0.717, 1.165) is 54.6 Å². The number of rotatable bonds is 4. The lowest BCUT2D eigenvalue weighted by atomic mass is 9.91. The molecule has 4 rings (SSSR count). The van der Waals surface area contributed by atoms with Crippen LogP contribution in [0.4, 0.5) is 4.39 Å². The maximum absolute atomic E-state index is 13.0. The van der Waals surface area contributed by atoms with Crippen LogP contribution < -0.4 is 0 Å². The van der Waals surface area contributed by atoms with Crippen molar-refractivity contribution in [3.63, 3.8) is 0 Å². The van der Waals surface area contributed by atoms with E-state index in [1.807, 2.05) is 34.5 Å². The summed E-state index contributed by atoms with van der Waals surface area (Å²) in [6, 6.07) is 10.7. The summed E-state index contributed by atoms with van der Waals surface area (Å²) < 4.78 is 14.1. The highest BCUT2D eigenvalue weighted by molar-refractivity contribution is 7.17. The number of likely N-dealkylation sites (tertiary alicyclic amines) is 1. The maximum atomic E-state index is 13.0. The highest BCUT2D eigenvalue weighted by Crippen LogP contribution is 2.25. The molecule has 1 aliphatic heterocycles. The zero-order valence-electron chi connectivity index (χ0n) is 14.0. The standard InChI is InChI=1S/C20H21FN2OS/c21-16-7-5-14(6-8-16)3-4-15-2-1-10-23(13-15)20(24)18-12-19-17(22-18)9-11-25-19/h5-9,11-12,15,22H,1-4,10,13H2/t15-/m1/s1. The zero-order chi connectivity index (χ0) is 17.2. The van der Waals surface area contributed by atoms with Crippen LogP contribution in [0.15, 0.2) is 41.8 Å². The topological polar surface area (TPSA) is 36.1 Å². The molecule has 3 heterocycles. The van der Waals surface area contributed by atoms with E-state index in [0.29, 0.717) is 11.6 Å². The van der Waals surface area contributed by atoms with Gasteiger partial charge in [0.1, 0.15) is 11.5 Å². The van der Waals surface area contributed by atoms with Gasteiger partial charge in [0.05, 0.1) is 10.2 Å². The molecule has 1 fully saturated rings. The average molecular weight is 356 g/mol. The summed E-state index contributed by atoms with van der Waals surface area (Å²) in [7, 11) is 0. The number of aromatic nitrogens is 1. The quantitative estimate of drug-likeness (QED) is 0.712. The number of hydrogen-bond acceptors (Lipinski definition) is 2. The Bertz CT molecular complexity index is 839. The number of aromatic amines is 1. The molecule has 1 amide bonds. The number of benzene rings is 1. The second kappa shape index (κ2) is 7.00. The molecule has 0 saturated carbocycles. The third kappa shape index (κ3) is 3.61. The lowest BCUT2D eigenvalue weighted by Crippen LogP contribution is -2.40. The minimum absolute atomic E-state index is 0.106. The van der Waals surface area contributed by atoms with Gasteiger partial charge in [0.15, 0.2) is 0 Å². The first-order valence-corrected chi connectivity index (χ1v) is 9.67. The van der Waals surface area contributed by atoms with Gasteiger partial charge >= 0.3 is 0 Å². The van der Waals surface area contributed by atoms with Crippen LogP contribution in [-0.4, -0.2) is 28.9 Å². The van der Waals surface area contributed by atoms with E-state index in [4.69, 9.17) is 0 Å². The lowest BCUT2D eigenvalue weighted by molar-refractivity contribution is 0.0663. The summed E-state index contributed by atoms with van der Waals surface area (Å²) in [5.74, 6) is 0.428. The molecule has 0 unspecified atom stereocenters. The van der Waals surface area contributed by atoms with Crippen molar-refractivity contribution in [3.8, 4) is 0 Å². The molecule has 1 saturated heterocycles. The third-order valence-electron chi connectivity index (χ3n) is 5.03. The van der Waals surface area contributed by atoms with Gasteiger partial charge in [-0.3, -0.25) is 4.79 Å². The molecule has 3 nitrogen and oxygen atoms in total. The average Bonchev–Trinajstić information content (AvgIpc) is 3.23.